The van der Waals surface area contributed by atoms with E-state index in [9.17, 15) is 17.4 Å². The maximum atomic E-state index is 11.7. The minimum absolute atomic E-state index is 0.391. The fraction of sp³-hybridized carbons (Fsp3) is 0.739. The van der Waals surface area contributed by atoms with E-state index < -0.39 is 22.9 Å². The van der Waals surface area contributed by atoms with Crippen LogP contribution in [0.4, 0.5) is 13.2 Å². The van der Waals surface area contributed by atoms with Crippen LogP contribution in [0.5, 0.6) is 5.88 Å². The standard InChI is InChI=1S/C21H34N4O2S2.C2HF3O2/c22-14-17-6-7-23-21(12-17)27-16-20-13-19(18-4-2-1-3-5-18)15-25(20)28-24-8-10-29(26)11-9-24;3-2(4,5)1(6)7/h6-7,12,18-20H,1-5,8-11,13-16,22H2;(H,6,7). The highest BCUT2D eigenvalue weighted by atomic mass is 32.2. The Kier molecular flexibility index (Phi) is 11.3. The number of ether oxygens (including phenoxy) is 1. The highest BCUT2D eigenvalue weighted by Crippen LogP contribution is 2.40. The van der Waals surface area contributed by atoms with Crippen molar-refractivity contribution in [2.24, 2.45) is 17.6 Å². The van der Waals surface area contributed by atoms with E-state index in [4.69, 9.17) is 20.4 Å². The van der Waals surface area contributed by atoms with Crippen LogP contribution in [0.1, 0.15) is 44.1 Å². The smallest absolute Gasteiger partial charge is 0.476 e. The highest BCUT2D eigenvalue weighted by molar-refractivity contribution is 7.94. The van der Waals surface area contributed by atoms with Crippen molar-refractivity contribution in [1.29, 1.82) is 0 Å². The van der Waals surface area contributed by atoms with Crippen LogP contribution in [0.2, 0.25) is 0 Å². The van der Waals surface area contributed by atoms with E-state index in [2.05, 4.69) is 13.6 Å². The SMILES string of the molecule is NCc1ccnc(OCC2CC(C3CCCCC3)CN2SN2CCS(=O)CC2)c1.O=C(O)C(F)(F)F. The second-order valence-corrected chi connectivity index (χ2v) is 12.2. The van der Waals surface area contributed by atoms with Gasteiger partial charge in [-0.3, -0.25) is 4.21 Å². The number of hydrogen-bond acceptors (Lipinski definition) is 8. The van der Waals surface area contributed by atoms with Gasteiger partial charge in [-0.25, -0.2) is 18.4 Å². The van der Waals surface area contributed by atoms with Crippen molar-refractivity contribution in [3.63, 3.8) is 0 Å². The number of nitrogens with two attached hydrogens (primary N) is 1. The molecule has 4 rings (SSSR count). The third-order valence-corrected chi connectivity index (χ3v) is 9.30. The topological polar surface area (TPSA) is 109 Å². The Morgan fingerprint density at radius 3 is 2.50 bits per heavy atom. The van der Waals surface area contributed by atoms with Crippen molar-refractivity contribution in [3.05, 3.63) is 23.9 Å². The van der Waals surface area contributed by atoms with Crippen molar-refractivity contribution in [2.75, 3.05) is 37.7 Å². The number of alkyl halides is 3. The Morgan fingerprint density at radius 1 is 1.22 bits per heavy atom. The van der Waals surface area contributed by atoms with Crippen molar-refractivity contribution in [2.45, 2.75) is 57.3 Å². The lowest BCUT2D eigenvalue weighted by Gasteiger charge is -2.32. The Morgan fingerprint density at radius 2 is 1.89 bits per heavy atom. The largest absolute Gasteiger partial charge is 0.490 e. The number of aromatic nitrogens is 1. The first-order valence-electron chi connectivity index (χ1n) is 12.3. The van der Waals surface area contributed by atoms with Gasteiger partial charge < -0.3 is 15.6 Å². The van der Waals surface area contributed by atoms with Gasteiger partial charge in [0, 0.05) is 72.9 Å². The maximum absolute atomic E-state index is 11.7. The molecule has 204 valence electrons. The number of nitrogens with zero attached hydrogens (tertiary/aromatic N) is 3. The van der Waals surface area contributed by atoms with Gasteiger partial charge in [0.1, 0.15) is 6.61 Å². The number of hydrogen-bond donors (Lipinski definition) is 2. The van der Waals surface area contributed by atoms with Crippen LogP contribution in [-0.2, 0) is 22.1 Å². The average Bonchev–Trinajstić information content (AvgIpc) is 3.27. The summed E-state index contributed by atoms with van der Waals surface area (Å²) in [7, 11) is -0.632. The summed E-state index contributed by atoms with van der Waals surface area (Å²) in [5.41, 5.74) is 6.80. The lowest BCUT2D eigenvalue weighted by molar-refractivity contribution is -0.192. The maximum Gasteiger partial charge on any atom is 0.490 e. The van der Waals surface area contributed by atoms with Gasteiger partial charge in [0.15, 0.2) is 0 Å². The summed E-state index contributed by atoms with van der Waals surface area (Å²) in [6.45, 7) is 4.13. The third kappa shape index (κ3) is 9.16. The molecule has 0 aromatic carbocycles. The summed E-state index contributed by atoms with van der Waals surface area (Å²) in [6.07, 6.45) is 4.86. The van der Waals surface area contributed by atoms with Crippen molar-refractivity contribution in [1.82, 2.24) is 13.6 Å². The second kappa shape index (κ2) is 13.9. The molecular weight excluding hydrogens is 517 g/mol. The normalized spacial score (nSPS) is 24.8. The number of carbonyl (C=O) groups is 1. The molecule has 3 fully saturated rings. The number of halogens is 3. The summed E-state index contributed by atoms with van der Waals surface area (Å²) in [4.78, 5) is 13.3. The molecule has 3 heterocycles. The van der Waals surface area contributed by atoms with E-state index in [1.165, 1.54) is 38.5 Å². The quantitative estimate of drug-likeness (QED) is 0.492. The van der Waals surface area contributed by atoms with Gasteiger partial charge in [0.2, 0.25) is 5.88 Å². The Bertz CT molecular complexity index is 864. The highest BCUT2D eigenvalue weighted by Gasteiger charge is 2.39. The lowest BCUT2D eigenvalue weighted by Crippen LogP contribution is -2.38. The Balaban J connectivity index is 0.000000454. The summed E-state index contributed by atoms with van der Waals surface area (Å²) in [5.74, 6) is 1.14. The molecule has 36 heavy (non-hydrogen) atoms. The Hall–Kier alpha value is -1.41. The molecule has 0 radical (unpaired) electrons. The summed E-state index contributed by atoms with van der Waals surface area (Å²) in [6, 6.07) is 4.28. The van der Waals surface area contributed by atoms with E-state index in [0.717, 1.165) is 48.5 Å². The first-order chi connectivity index (χ1) is 17.2. The number of carboxylic acid groups (broad SMARTS) is 1. The summed E-state index contributed by atoms with van der Waals surface area (Å²) < 4.78 is 54.5. The van der Waals surface area contributed by atoms with E-state index in [-0.39, 0.29) is 0 Å². The zero-order valence-electron chi connectivity index (χ0n) is 20.2. The zero-order chi connectivity index (χ0) is 26.1. The van der Waals surface area contributed by atoms with E-state index in [0.29, 0.717) is 25.1 Å². The van der Waals surface area contributed by atoms with Gasteiger partial charge in [-0.05, 0) is 29.9 Å². The van der Waals surface area contributed by atoms with Crippen molar-refractivity contribution in [3.8, 4) is 5.88 Å². The molecule has 1 saturated carbocycles. The minimum atomic E-state index is -5.08. The number of pyridine rings is 1. The first-order valence-corrected chi connectivity index (χ1v) is 14.5. The van der Waals surface area contributed by atoms with Gasteiger partial charge in [-0.1, -0.05) is 32.1 Å². The monoisotopic (exact) mass is 552 g/mol. The van der Waals surface area contributed by atoms with Crippen LogP contribution in [0, 0.1) is 11.8 Å². The summed E-state index contributed by atoms with van der Waals surface area (Å²) >= 11 is 1.86. The van der Waals surface area contributed by atoms with Crippen LogP contribution < -0.4 is 10.5 Å². The molecule has 13 heteroatoms. The first kappa shape index (κ1) is 29.2. The van der Waals surface area contributed by atoms with Crippen molar-refractivity contribution >= 4 is 28.9 Å². The van der Waals surface area contributed by atoms with Crippen LogP contribution in [-0.4, -0.2) is 78.8 Å². The molecule has 1 aromatic heterocycles. The molecule has 2 unspecified atom stereocenters. The fourth-order valence-corrected chi connectivity index (χ4v) is 7.27. The molecule has 0 spiro atoms. The fourth-order valence-electron chi connectivity index (χ4n) is 4.81. The molecule has 2 saturated heterocycles. The molecule has 2 atom stereocenters. The van der Waals surface area contributed by atoms with E-state index in [1.54, 1.807) is 6.20 Å². The number of aliphatic carboxylic acids is 1. The molecule has 1 aromatic rings. The molecule has 8 nitrogen and oxygen atoms in total. The molecule has 0 amide bonds. The lowest BCUT2D eigenvalue weighted by atomic mass is 9.79. The minimum Gasteiger partial charge on any atom is -0.476 e. The Labute approximate surface area is 216 Å². The number of rotatable bonds is 7. The molecule has 1 aliphatic carbocycles. The molecule has 0 bridgehead atoms. The molecule has 3 aliphatic rings. The summed E-state index contributed by atoms with van der Waals surface area (Å²) in [5, 5.41) is 7.12. The van der Waals surface area contributed by atoms with E-state index in [1.807, 2.05) is 24.3 Å². The second-order valence-electron chi connectivity index (χ2n) is 9.33. The molecular formula is C23H35F3N4O4S2. The molecule has 3 N–H and O–H groups in total. The number of carboxylic acids is 1. The van der Waals surface area contributed by atoms with Crippen LogP contribution in [0.15, 0.2) is 18.3 Å². The van der Waals surface area contributed by atoms with Gasteiger partial charge in [-0.15, -0.1) is 0 Å². The third-order valence-electron chi connectivity index (χ3n) is 6.77. The van der Waals surface area contributed by atoms with Gasteiger partial charge in [-0.2, -0.15) is 13.2 Å². The van der Waals surface area contributed by atoms with Gasteiger partial charge >= 0.3 is 12.1 Å². The predicted molar refractivity (Wildman–Crippen MR) is 134 cm³/mol. The van der Waals surface area contributed by atoms with Crippen molar-refractivity contribution < 1.29 is 32.0 Å². The van der Waals surface area contributed by atoms with Gasteiger partial charge in [0.05, 0.1) is 6.04 Å². The van der Waals surface area contributed by atoms with Crippen LogP contribution in [0.25, 0.3) is 0 Å². The van der Waals surface area contributed by atoms with E-state index >= 15 is 0 Å². The van der Waals surface area contributed by atoms with Gasteiger partial charge in [0.25, 0.3) is 0 Å². The average molecular weight is 553 g/mol. The zero-order valence-corrected chi connectivity index (χ0v) is 21.8. The van der Waals surface area contributed by atoms with Crippen LogP contribution >= 0.6 is 12.1 Å². The molecule has 2 aliphatic heterocycles. The van der Waals surface area contributed by atoms with Crippen LogP contribution in [0.3, 0.4) is 0 Å². The predicted octanol–water partition coefficient (Wildman–Crippen LogP) is 3.45.